The Labute approximate surface area is 169 Å². The maximum atomic E-state index is 12.1. The Morgan fingerprint density at radius 1 is 1.17 bits per heavy atom. The number of rotatable bonds is 5. The van der Waals surface area contributed by atoms with Crippen LogP contribution in [0.2, 0.25) is 0 Å². The Morgan fingerprint density at radius 2 is 2.00 bits per heavy atom. The van der Waals surface area contributed by atoms with Crippen LogP contribution in [0.5, 0.6) is 5.75 Å². The second-order valence-corrected chi connectivity index (χ2v) is 6.63. The number of aromatic nitrogens is 1. The van der Waals surface area contributed by atoms with E-state index in [-0.39, 0.29) is 12.2 Å². The zero-order valence-corrected chi connectivity index (χ0v) is 16.0. The Morgan fingerprint density at radius 3 is 2.87 bits per heavy atom. The molecule has 0 radical (unpaired) electrons. The number of carbonyl (C=O) groups excluding carboxylic acids is 1. The number of carbonyl (C=O) groups is 1. The van der Waals surface area contributed by atoms with Gasteiger partial charge in [0, 0.05) is 23.0 Å². The molecule has 4 rings (SSSR count). The van der Waals surface area contributed by atoms with Gasteiger partial charge < -0.3 is 14.1 Å². The molecule has 4 aromatic rings. The largest absolute Gasteiger partial charge is 0.484 e. The summed E-state index contributed by atoms with van der Waals surface area (Å²) in [6.45, 7) is 1.51. The number of H-pyrrole nitrogens is 1. The van der Waals surface area contributed by atoms with Crippen molar-refractivity contribution in [2.24, 2.45) is 5.10 Å². The number of hydrogen-bond acceptors (Lipinski definition) is 6. The summed E-state index contributed by atoms with van der Waals surface area (Å²) in [4.78, 5) is 38.3. The molecule has 30 heavy (non-hydrogen) atoms. The first-order chi connectivity index (χ1) is 14.5. The van der Waals surface area contributed by atoms with E-state index in [1.807, 2.05) is 25.1 Å². The molecule has 0 fully saturated rings. The third-order valence-corrected chi connectivity index (χ3v) is 4.47. The van der Waals surface area contributed by atoms with Crippen LogP contribution in [-0.2, 0) is 4.79 Å². The monoisotopic (exact) mass is 403 g/mol. The van der Waals surface area contributed by atoms with E-state index in [1.165, 1.54) is 12.3 Å². The Balaban J connectivity index is 1.39. The number of aryl methyl sites for hydroxylation is 1. The predicted molar refractivity (Wildman–Crippen MR) is 113 cm³/mol. The molecule has 0 saturated carbocycles. The van der Waals surface area contributed by atoms with E-state index in [9.17, 15) is 14.4 Å². The molecule has 8 heteroatoms. The van der Waals surface area contributed by atoms with Crippen molar-refractivity contribution in [1.29, 1.82) is 0 Å². The highest BCUT2D eigenvalue weighted by Crippen LogP contribution is 2.22. The maximum absolute atomic E-state index is 12.1. The van der Waals surface area contributed by atoms with Gasteiger partial charge in [-0.25, -0.2) is 10.2 Å². The summed E-state index contributed by atoms with van der Waals surface area (Å²) in [5.74, 6) is -0.129. The number of pyridine rings is 1. The highest BCUT2D eigenvalue weighted by molar-refractivity contribution is 5.88. The van der Waals surface area contributed by atoms with Crippen molar-refractivity contribution >= 4 is 34.0 Å². The summed E-state index contributed by atoms with van der Waals surface area (Å²) >= 11 is 0. The Bertz CT molecular complexity index is 1400. The number of benzene rings is 2. The molecule has 0 unspecified atom stereocenters. The number of nitrogens with zero attached hydrogens (tertiary/aromatic N) is 1. The van der Waals surface area contributed by atoms with E-state index in [0.29, 0.717) is 16.9 Å². The molecule has 0 aliphatic carbocycles. The Hall–Kier alpha value is -4.20. The fourth-order valence-electron chi connectivity index (χ4n) is 3.01. The second kappa shape index (κ2) is 8.04. The van der Waals surface area contributed by atoms with Crippen LogP contribution in [0.3, 0.4) is 0 Å². The van der Waals surface area contributed by atoms with Crippen LogP contribution in [0.4, 0.5) is 0 Å². The molecule has 2 aromatic heterocycles. The van der Waals surface area contributed by atoms with Crippen LogP contribution in [0.15, 0.2) is 73.7 Å². The van der Waals surface area contributed by atoms with Crippen LogP contribution in [0, 0.1) is 6.92 Å². The minimum atomic E-state index is -0.505. The molecule has 0 bridgehead atoms. The second-order valence-electron chi connectivity index (χ2n) is 6.63. The average molecular weight is 403 g/mol. The Kier molecular flexibility index (Phi) is 5.13. The van der Waals surface area contributed by atoms with Crippen molar-refractivity contribution in [2.45, 2.75) is 6.92 Å². The van der Waals surface area contributed by atoms with Crippen molar-refractivity contribution in [3.05, 3.63) is 86.5 Å². The molecule has 0 aliphatic rings. The SMILES string of the molecule is Cc1cc(=O)oc2cc(OCC(=O)N/N=C/c3cc4ccccc4[nH]c3=O)ccc12. The fraction of sp³-hybridized carbons (Fsp3) is 0.0909. The fourth-order valence-corrected chi connectivity index (χ4v) is 3.01. The quantitative estimate of drug-likeness (QED) is 0.302. The number of hydrazone groups is 1. The van der Waals surface area contributed by atoms with Gasteiger partial charge in [-0.15, -0.1) is 0 Å². The van der Waals surface area contributed by atoms with Crippen LogP contribution >= 0.6 is 0 Å². The summed E-state index contributed by atoms with van der Waals surface area (Å²) in [6, 6.07) is 15.4. The van der Waals surface area contributed by atoms with Gasteiger partial charge in [0.15, 0.2) is 6.61 Å². The first-order valence-electron chi connectivity index (χ1n) is 9.11. The lowest BCUT2D eigenvalue weighted by atomic mass is 10.1. The van der Waals surface area contributed by atoms with Gasteiger partial charge in [-0.05, 0) is 42.1 Å². The van der Waals surface area contributed by atoms with Gasteiger partial charge in [0.2, 0.25) is 0 Å². The summed E-state index contributed by atoms with van der Waals surface area (Å²) in [5.41, 5.74) is 3.76. The van der Waals surface area contributed by atoms with E-state index < -0.39 is 11.5 Å². The summed E-state index contributed by atoms with van der Waals surface area (Å²) in [6.07, 6.45) is 1.27. The predicted octanol–water partition coefficient (Wildman–Crippen LogP) is 2.47. The van der Waals surface area contributed by atoms with E-state index in [1.54, 1.807) is 30.3 Å². The third-order valence-electron chi connectivity index (χ3n) is 4.47. The smallest absolute Gasteiger partial charge is 0.336 e. The minimum Gasteiger partial charge on any atom is -0.484 e. The van der Waals surface area contributed by atoms with E-state index in [4.69, 9.17) is 9.15 Å². The summed E-state index contributed by atoms with van der Waals surface area (Å²) in [5, 5.41) is 5.45. The highest BCUT2D eigenvalue weighted by atomic mass is 16.5. The van der Waals surface area contributed by atoms with Crippen molar-refractivity contribution in [1.82, 2.24) is 10.4 Å². The molecule has 0 aliphatic heterocycles. The number of amides is 1. The minimum absolute atomic E-state index is 0.299. The van der Waals surface area contributed by atoms with Gasteiger partial charge in [-0.3, -0.25) is 9.59 Å². The molecule has 2 N–H and O–H groups in total. The number of ether oxygens (including phenoxy) is 1. The number of para-hydroxylation sites is 1. The van der Waals surface area contributed by atoms with Crippen molar-refractivity contribution in [3.8, 4) is 5.75 Å². The lowest BCUT2D eigenvalue weighted by molar-refractivity contribution is -0.123. The maximum Gasteiger partial charge on any atom is 0.336 e. The number of hydrogen-bond donors (Lipinski definition) is 2. The average Bonchev–Trinajstić information content (AvgIpc) is 2.72. The molecule has 1 amide bonds. The zero-order chi connectivity index (χ0) is 21.1. The van der Waals surface area contributed by atoms with Crippen LogP contribution < -0.4 is 21.3 Å². The van der Waals surface area contributed by atoms with Crippen LogP contribution in [0.1, 0.15) is 11.1 Å². The first-order valence-corrected chi connectivity index (χ1v) is 9.11. The normalized spacial score (nSPS) is 11.2. The molecule has 8 nitrogen and oxygen atoms in total. The van der Waals surface area contributed by atoms with Crippen molar-refractivity contribution in [3.63, 3.8) is 0 Å². The van der Waals surface area contributed by atoms with Gasteiger partial charge in [0.25, 0.3) is 11.5 Å². The molecule has 2 aromatic carbocycles. The lowest BCUT2D eigenvalue weighted by Crippen LogP contribution is -2.25. The summed E-state index contributed by atoms with van der Waals surface area (Å²) in [7, 11) is 0. The van der Waals surface area contributed by atoms with Crippen molar-refractivity contribution < 1.29 is 13.9 Å². The highest BCUT2D eigenvalue weighted by Gasteiger charge is 2.06. The summed E-state index contributed by atoms with van der Waals surface area (Å²) < 4.78 is 10.6. The molecular weight excluding hydrogens is 386 g/mol. The number of nitrogens with one attached hydrogen (secondary N) is 2. The molecule has 0 spiro atoms. The number of fused-ring (bicyclic) bond motifs is 2. The van der Waals surface area contributed by atoms with Crippen LogP contribution in [-0.4, -0.2) is 23.7 Å². The zero-order valence-electron chi connectivity index (χ0n) is 16.0. The van der Waals surface area contributed by atoms with Gasteiger partial charge >= 0.3 is 5.63 Å². The third kappa shape index (κ3) is 4.12. The molecule has 0 saturated heterocycles. The molecular formula is C22H17N3O5. The van der Waals surface area contributed by atoms with Gasteiger partial charge in [-0.1, -0.05) is 18.2 Å². The first kappa shape index (κ1) is 19.1. The van der Waals surface area contributed by atoms with Crippen molar-refractivity contribution in [2.75, 3.05) is 6.61 Å². The van der Waals surface area contributed by atoms with Crippen LogP contribution in [0.25, 0.3) is 21.9 Å². The van der Waals surface area contributed by atoms with E-state index in [2.05, 4.69) is 15.5 Å². The molecule has 150 valence electrons. The van der Waals surface area contributed by atoms with Gasteiger partial charge in [-0.2, -0.15) is 5.10 Å². The van der Waals surface area contributed by atoms with Gasteiger partial charge in [0.1, 0.15) is 11.3 Å². The van der Waals surface area contributed by atoms with E-state index >= 15 is 0 Å². The number of aromatic amines is 1. The standard InChI is InChI=1S/C22H17N3O5/c1-13-8-21(27)30-19-10-16(6-7-17(13)19)29-12-20(26)25-23-11-15-9-14-4-2-3-5-18(14)24-22(15)28/h2-11H,12H2,1H3,(H,24,28)(H,25,26)/b23-11+. The molecule has 2 heterocycles. The van der Waals surface area contributed by atoms with E-state index in [0.717, 1.165) is 21.9 Å². The lowest BCUT2D eigenvalue weighted by Gasteiger charge is -2.06. The molecule has 0 atom stereocenters. The topological polar surface area (TPSA) is 114 Å². The van der Waals surface area contributed by atoms with Gasteiger partial charge in [0.05, 0.1) is 11.8 Å².